The highest BCUT2D eigenvalue weighted by Crippen LogP contribution is 2.28. The van der Waals surface area contributed by atoms with Gasteiger partial charge in [0.1, 0.15) is 9.77 Å². The van der Waals surface area contributed by atoms with Crippen molar-refractivity contribution < 1.29 is 13.2 Å². The van der Waals surface area contributed by atoms with Crippen LogP contribution in [0.4, 0.5) is 5.69 Å². The van der Waals surface area contributed by atoms with E-state index in [4.69, 9.17) is 0 Å². The number of aromatic nitrogens is 2. The van der Waals surface area contributed by atoms with Gasteiger partial charge in [-0.2, -0.15) is 16.1 Å². The number of hydrogen-bond donors (Lipinski definition) is 1. The molecule has 0 spiro atoms. The monoisotopic (exact) mass is 452 g/mol. The van der Waals surface area contributed by atoms with Crippen LogP contribution in [0.1, 0.15) is 9.67 Å². The first kappa shape index (κ1) is 20.2. The van der Waals surface area contributed by atoms with Gasteiger partial charge < -0.3 is 5.32 Å². The van der Waals surface area contributed by atoms with E-state index in [1.54, 1.807) is 49.4 Å². The lowest BCUT2D eigenvalue weighted by Gasteiger charge is -2.25. The van der Waals surface area contributed by atoms with Gasteiger partial charge in [0.05, 0.1) is 11.0 Å². The Kier molecular flexibility index (Phi) is 5.32. The van der Waals surface area contributed by atoms with Crippen LogP contribution in [0.3, 0.4) is 0 Å². The quantitative estimate of drug-likeness (QED) is 0.653. The largest absolute Gasteiger partial charge is 0.328 e. The van der Waals surface area contributed by atoms with Gasteiger partial charge in [0.15, 0.2) is 0 Å². The second-order valence-corrected chi connectivity index (χ2v) is 10.7. The van der Waals surface area contributed by atoms with Crippen LogP contribution in [-0.4, -0.2) is 52.4 Å². The van der Waals surface area contributed by atoms with E-state index in [2.05, 4.69) is 5.32 Å². The maximum atomic E-state index is 13.0. The van der Waals surface area contributed by atoms with E-state index in [1.165, 1.54) is 19.5 Å². The molecule has 1 aliphatic rings. The van der Waals surface area contributed by atoms with Gasteiger partial charge in [-0.05, 0) is 29.6 Å². The molecule has 154 valence electrons. The van der Waals surface area contributed by atoms with Gasteiger partial charge in [-0.25, -0.2) is 13.2 Å². The number of rotatable bonds is 4. The van der Waals surface area contributed by atoms with Crippen molar-refractivity contribution in [2.24, 2.45) is 14.1 Å². The number of hydrogen-bond acceptors (Lipinski definition) is 6. The van der Waals surface area contributed by atoms with E-state index in [1.807, 2.05) is 0 Å². The second kappa shape index (κ2) is 7.63. The molecule has 1 aliphatic heterocycles. The maximum absolute atomic E-state index is 13.0. The summed E-state index contributed by atoms with van der Waals surface area (Å²) in [6, 6.07) is 6.65. The average molecular weight is 453 g/mol. The van der Waals surface area contributed by atoms with Crippen molar-refractivity contribution >= 4 is 55.7 Å². The number of anilines is 1. The van der Waals surface area contributed by atoms with Crippen molar-refractivity contribution in [3.05, 3.63) is 45.0 Å². The Morgan fingerprint density at radius 2 is 1.76 bits per heavy atom. The van der Waals surface area contributed by atoms with E-state index < -0.39 is 15.9 Å². The van der Waals surface area contributed by atoms with Gasteiger partial charge in [0.2, 0.25) is 10.0 Å². The molecule has 0 bridgehead atoms. The first-order valence-corrected chi connectivity index (χ1v) is 12.4. The number of fused-ring (bicyclic) bond motifs is 1. The normalized spacial score (nSPS) is 15.7. The zero-order valence-electron chi connectivity index (χ0n) is 15.9. The van der Waals surface area contributed by atoms with Crippen LogP contribution in [0.15, 0.2) is 39.3 Å². The van der Waals surface area contributed by atoms with Crippen LogP contribution in [0.25, 0.3) is 11.0 Å². The molecule has 0 radical (unpaired) electrons. The molecule has 1 N–H and O–H groups in total. The number of thioether (sulfide) groups is 1. The Morgan fingerprint density at radius 1 is 1.07 bits per heavy atom. The molecule has 0 unspecified atom stereocenters. The number of benzene rings is 1. The van der Waals surface area contributed by atoms with Crippen LogP contribution < -0.4 is 11.0 Å². The first-order chi connectivity index (χ1) is 13.8. The van der Waals surface area contributed by atoms with Crippen LogP contribution in [-0.2, 0) is 24.1 Å². The Labute approximate surface area is 176 Å². The fourth-order valence-electron chi connectivity index (χ4n) is 3.36. The summed E-state index contributed by atoms with van der Waals surface area (Å²) in [5.41, 5.74) is 1.77. The molecule has 2 aromatic heterocycles. The lowest BCUT2D eigenvalue weighted by atomic mass is 10.2. The number of nitrogens with one attached hydrogen (secondary N) is 1. The lowest BCUT2D eigenvalue weighted by Crippen LogP contribution is -2.38. The summed E-state index contributed by atoms with van der Waals surface area (Å²) in [6.07, 6.45) is 0. The minimum atomic E-state index is -3.71. The minimum Gasteiger partial charge on any atom is -0.321 e. The Hall–Kier alpha value is -2.08. The number of carbonyl (C=O) groups excluding carboxylic acids is 1. The minimum absolute atomic E-state index is 0.0417. The molecule has 1 saturated heterocycles. The van der Waals surface area contributed by atoms with Crippen molar-refractivity contribution in [1.82, 2.24) is 13.4 Å². The van der Waals surface area contributed by atoms with Crippen molar-refractivity contribution in [2.75, 3.05) is 29.9 Å². The van der Waals surface area contributed by atoms with Gasteiger partial charge in [-0.15, -0.1) is 11.3 Å². The fraction of sp³-hybridized carbons (Fsp3) is 0.333. The molecule has 29 heavy (non-hydrogen) atoms. The summed E-state index contributed by atoms with van der Waals surface area (Å²) >= 11 is 2.82. The zero-order valence-corrected chi connectivity index (χ0v) is 18.4. The van der Waals surface area contributed by atoms with E-state index in [-0.39, 0.29) is 15.5 Å². The van der Waals surface area contributed by atoms with Gasteiger partial charge in [-0.3, -0.25) is 13.9 Å². The average Bonchev–Trinajstić information content (AvgIpc) is 3.30. The molecule has 1 fully saturated rings. The summed E-state index contributed by atoms with van der Waals surface area (Å²) in [4.78, 5) is 25.1. The summed E-state index contributed by atoms with van der Waals surface area (Å²) in [5.74, 6) is 1.02. The molecular formula is C18H20N4O4S3. The van der Waals surface area contributed by atoms with E-state index in [0.717, 1.165) is 28.4 Å². The molecule has 1 amide bonds. The number of aryl methyl sites for hydroxylation is 2. The van der Waals surface area contributed by atoms with Crippen LogP contribution in [0, 0.1) is 0 Å². The van der Waals surface area contributed by atoms with E-state index in [9.17, 15) is 18.0 Å². The first-order valence-electron chi connectivity index (χ1n) is 8.93. The smallest absolute Gasteiger partial charge is 0.321 e. The molecule has 0 aliphatic carbocycles. The Bertz CT molecular complexity index is 1250. The lowest BCUT2D eigenvalue weighted by molar-refractivity contribution is 0.102. The molecule has 3 aromatic rings. The predicted molar refractivity (Wildman–Crippen MR) is 117 cm³/mol. The van der Waals surface area contributed by atoms with Crippen molar-refractivity contribution in [3.63, 3.8) is 0 Å². The van der Waals surface area contributed by atoms with E-state index >= 15 is 0 Å². The Balaban J connectivity index is 1.63. The molecule has 4 rings (SSSR count). The third-order valence-corrected chi connectivity index (χ3v) is 8.88. The van der Waals surface area contributed by atoms with Crippen molar-refractivity contribution in [2.45, 2.75) is 4.90 Å². The third kappa shape index (κ3) is 3.52. The van der Waals surface area contributed by atoms with Crippen molar-refractivity contribution in [3.8, 4) is 0 Å². The third-order valence-electron chi connectivity index (χ3n) is 4.95. The number of thiophene rings is 1. The molecule has 11 heteroatoms. The van der Waals surface area contributed by atoms with Gasteiger partial charge >= 0.3 is 5.69 Å². The number of nitrogens with zero attached hydrogens (tertiary/aromatic N) is 3. The highest BCUT2D eigenvalue weighted by molar-refractivity contribution is 7.99. The van der Waals surface area contributed by atoms with Gasteiger partial charge in [0.25, 0.3) is 5.91 Å². The molecular weight excluding hydrogens is 432 g/mol. The summed E-state index contributed by atoms with van der Waals surface area (Å²) < 4.78 is 30.4. The summed E-state index contributed by atoms with van der Waals surface area (Å²) in [5, 5.41) is 4.38. The predicted octanol–water partition coefficient (Wildman–Crippen LogP) is 1.93. The number of carbonyl (C=O) groups is 1. The van der Waals surface area contributed by atoms with Crippen molar-refractivity contribution in [1.29, 1.82) is 0 Å². The SMILES string of the molecule is Cn1c(=O)n(C)c2cc(NC(=O)c3sccc3S(=O)(=O)N3CCSCC3)ccc21. The highest BCUT2D eigenvalue weighted by Gasteiger charge is 2.31. The van der Waals surface area contributed by atoms with Crippen LogP contribution >= 0.6 is 23.1 Å². The number of amides is 1. The summed E-state index contributed by atoms with van der Waals surface area (Å²) in [7, 11) is -0.360. The molecule has 3 heterocycles. The van der Waals surface area contributed by atoms with Gasteiger partial charge in [-0.1, -0.05) is 0 Å². The fourth-order valence-corrected chi connectivity index (χ4v) is 7.24. The maximum Gasteiger partial charge on any atom is 0.328 e. The number of imidazole rings is 1. The second-order valence-electron chi connectivity index (χ2n) is 6.69. The standard InChI is InChI=1S/C18H20N4O4S3/c1-20-13-4-3-12(11-14(13)21(2)18(20)24)19-17(23)16-15(5-8-28-16)29(25,26)22-6-9-27-10-7-22/h3-5,8,11H,6-7,9-10H2,1-2H3,(H,19,23). The van der Waals surface area contributed by atoms with E-state index in [0.29, 0.717) is 24.3 Å². The topological polar surface area (TPSA) is 93.4 Å². The number of sulfonamides is 1. The van der Waals surface area contributed by atoms with Crippen LogP contribution in [0.2, 0.25) is 0 Å². The molecule has 1 aromatic carbocycles. The Morgan fingerprint density at radius 3 is 2.48 bits per heavy atom. The molecule has 8 nitrogen and oxygen atoms in total. The summed E-state index contributed by atoms with van der Waals surface area (Å²) in [6.45, 7) is 0.894. The van der Waals surface area contributed by atoms with Gasteiger partial charge in [0, 0.05) is 44.4 Å². The molecule has 0 saturated carbocycles. The molecule has 0 atom stereocenters. The van der Waals surface area contributed by atoms with Crippen LogP contribution in [0.5, 0.6) is 0 Å². The zero-order chi connectivity index (χ0) is 20.8. The highest BCUT2D eigenvalue weighted by atomic mass is 32.2.